The van der Waals surface area contributed by atoms with Crippen LogP contribution in [0.2, 0.25) is 0 Å². The molecule has 16 heavy (non-hydrogen) atoms. The number of carboxylic acid groups (broad SMARTS) is 1. The maximum atomic E-state index is 11.3. The minimum absolute atomic E-state index is 0.156. The topological polar surface area (TPSA) is 72.2 Å². The van der Waals surface area contributed by atoms with Crippen molar-refractivity contribution in [1.29, 1.82) is 0 Å². The number of aromatic nitrogens is 2. The maximum absolute atomic E-state index is 11.3. The number of nitrogens with zero attached hydrogens (tertiary/aromatic N) is 2. The van der Waals surface area contributed by atoms with E-state index in [1.54, 1.807) is 17.8 Å². The number of hydrogen-bond acceptors (Lipinski definition) is 3. The lowest BCUT2D eigenvalue weighted by molar-refractivity contribution is 0.0696. The Labute approximate surface area is 91.3 Å². The highest BCUT2D eigenvalue weighted by atomic mass is 16.4. The fraction of sp³-hybridized carbons (Fsp3) is 0.182. The van der Waals surface area contributed by atoms with Gasteiger partial charge in [-0.3, -0.25) is 9.48 Å². The Hall–Kier alpha value is -2.17. The molecule has 82 valence electrons. The molecule has 0 aliphatic carbocycles. The van der Waals surface area contributed by atoms with Crippen LogP contribution in [-0.4, -0.2) is 26.6 Å². The van der Waals surface area contributed by atoms with Crippen molar-refractivity contribution in [2.45, 2.75) is 6.92 Å². The van der Waals surface area contributed by atoms with E-state index >= 15 is 0 Å². The molecule has 0 fully saturated rings. The van der Waals surface area contributed by atoms with Crippen molar-refractivity contribution in [2.75, 3.05) is 0 Å². The van der Waals surface area contributed by atoms with Gasteiger partial charge in [0.05, 0.1) is 11.1 Å². The van der Waals surface area contributed by atoms with Crippen LogP contribution in [0.25, 0.3) is 10.9 Å². The summed E-state index contributed by atoms with van der Waals surface area (Å²) >= 11 is 0. The Morgan fingerprint density at radius 1 is 1.38 bits per heavy atom. The van der Waals surface area contributed by atoms with E-state index in [0.717, 1.165) is 5.52 Å². The molecule has 0 unspecified atom stereocenters. The van der Waals surface area contributed by atoms with Crippen LogP contribution < -0.4 is 0 Å². The van der Waals surface area contributed by atoms with E-state index in [1.165, 1.54) is 19.1 Å². The van der Waals surface area contributed by atoms with Gasteiger partial charge in [-0.25, -0.2) is 4.79 Å². The fourth-order valence-electron chi connectivity index (χ4n) is 1.66. The summed E-state index contributed by atoms with van der Waals surface area (Å²) in [5.41, 5.74) is 1.21. The predicted octanol–water partition coefficient (Wildman–Crippen LogP) is 1.47. The first-order valence-electron chi connectivity index (χ1n) is 4.71. The van der Waals surface area contributed by atoms with Gasteiger partial charge in [-0.1, -0.05) is 0 Å². The maximum Gasteiger partial charge on any atom is 0.335 e. The van der Waals surface area contributed by atoms with Crippen LogP contribution in [0.4, 0.5) is 0 Å². The highest BCUT2D eigenvalue weighted by molar-refractivity contribution is 6.06. The third-order valence-electron chi connectivity index (χ3n) is 2.43. The van der Waals surface area contributed by atoms with Gasteiger partial charge in [-0.2, -0.15) is 5.10 Å². The molecule has 0 aliphatic heterocycles. The Balaban J connectivity index is 2.79. The van der Waals surface area contributed by atoms with Gasteiger partial charge in [-0.05, 0) is 18.2 Å². The number of benzene rings is 1. The van der Waals surface area contributed by atoms with Crippen LogP contribution in [0, 0.1) is 0 Å². The van der Waals surface area contributed by atoms with Crippen LogP contribution in [0.5, 0.6) is 0 Å². The van der Waals surface area contributed by atoms with Gasteiger partial charge in [0.15, 0.2) is 5.78 Å². The van der Waals surface area contributed by atoms with E-state index < -0.39 is 5.97 Å². The summed E-state index contributed by atoms with van der Waals surface area (Å²) in [5, 5.41) is 13.5. The van der Waals surface area contributed by atoms with Crippen LogP contribution in [-0.2, 0) is 7.05 Å². The van der Waals surface area contributed by atoms with Gasteiger partial charge >= 0.3 is 5.97 Å². The number of hydrogen-bond donors (Lipinski definition) is 1. The molecular formula is C11H10N2O3. The highest BCUT2D eigenvalue weighted by Gasteiger charge is 2.14. The smallest absolute Gasteiger partial charge is 0.335 e. The van der Waals surface area contributed by atoms with Crippen molar-refractivity contribution in [1.82, 2.24) is 9.78 Å². The van der Waals surface area contributed by atoms with Gasteiger partial charge in [0.1, 0.15) is 5.69 Å². The zero-order valence-corrected chi connectivity index (χ0v) is 8.89. The first-order valence-corrected chi connectivity index (χ1v) is 4.71. The van der Waals surface area contributed by atoms with Gasteiger partial charge in [0, 0.05) is 19.4 Å². The molecule has 0 bridgehead atoms. The Morgan fingerprint density at radius 2 is 2.06 bits per heavy atom. The predicted molar refractivity (Wildman–Crippen MR) is 57.7 cm³/mol. The first kappa shape index (κ1) is 10.4. The molecule has 0 saturated carbocycles. The lowest BCUT2D eigenvalue weighted by atomic mass is 10.1. The second kappa shape index (κ2) is 3.44. The van der Waals surface area contributed by atoms with E-state index in [1.807, 2.05) is 0 Å². The minimum atomic E-state index is -1.01. The summed E-state index contributed by atoms with van der Waals surface area (Å²) in [6, 6.07) is 4.62. The average Bonchev–Trinajstić information content (AvgIpc) is 2.56. The highest BCUT2D eigenvalue weighted by Crippen LogP contribution is 2.20. The Kier molecular flexibility index (Phi) is 2.23. The van der Waals surface area contributed by atoms with Crippen molar-refractivity contribution in [3.8, 4) is 0 Å². The summed E-state index contributed by atoms with van der Waals surface area (Å²) < 4.78 is 1.57. The molecule has 5 nitrogen and oxygen atoms in total. The molecule has 0 saturated heterocycles. The number of fused-ring (bicyclic) bond motifs is 1. The summed E-state index contributed by atoms with van der Waals surface area (Å²) in [6.45, 7) is 1.41. The average molecular weight is 218 g/mol. The summed E-state index contributed by atoms with van der Waals surface area (Å²) in [4.78, 5) is 22.2. The second-order valence-corrected chi connectivity index (χ2v) is 3.57. The summed E-state index contributed by atoms with van der Waals surface area (Å²) in [5.74, 6) is -1.19. The molecule has 0 atom stereocenters. The summed E-state index contributed by atoms with van der Waals surface area (Å²) in [6.07, 6.45) is 0. The third kappa shape index (κ3) is 1.46. The van der Waals surface area contributed by atoms with Gasteiger partial charge < -0.3 is 5.11 Å². The molecule has 5 heteroatoms. The van der Waals surface area contributed by atoms with E-state index in [-0.39, 0.29) is 11.3 Å². The first-order chi connectivity index (χ1) is 7.50. The van der Waals surface area contributed by atoms with Gasteiger partial charge in [-0.15, -0.1) is 0 Å². The minimum Gasteiger partial charge on any atom is -0.478 e. The number of rotatable bonds is 2. The number of carbonyl (C=O) groups excluding carboxylic acids is 1. The Bertz CT molecular complexity index is 599. The standard InChI is InChI=1S/C11H10N2O3/c1-6(14)10-8-5-7(11(15)16)3-4-9(8)13(2)12-10/h3-5H,1-2H3,(H,15,16). The number of carbonyl (C=O) groups is 2. The van der Waals surface area contributed by atoms with Crippen LogP contribution in [0.1, 0.15) is 27.8 Å². The Morgan fingerprint density at radius 3 is 2.62 bits per heavy atom. The lowest BCUT2D eigenvalue weighted by Gasteiger charge is -1.96. The lowest BCUT2D eigenvalue weighted by Crippen LogP contribution is -1.97. The molecule has 1 heterocycles. The molecule has 0 spiro atoms. The van der Waals surface area contributed by atoms with Crippen LogP contribution >= 0.6 is 0 Å². The number of carboxylic acids is 1. The molecule has 1 aromatic heterocycles. The van der Waals surface area contributed by atoms with E-state index in [0.29, 0.717) is 11.1 Å². The zero-order chi connectivity index (χ0) is 11.9. The van der Waals surface area contributed by atoms with Gasteiger partial charge in [0.2, 0.25) is 0 Å². The van der Waals surface area contributed by atoms with Crippen molar-refractivity contribution in [3.05, 3.63) is 29.5 Å². The van der Waals surface area contributed by atoms with E-state index in [4.69, 9.17) is 5.11 Å². The number of aromatic carboxylic acids is 1. The van der Waals surface area contributed by atoms with Crippen molar-refractivity contribution < 1.29 is 14.7 Å². The van der Waals surface area contributed by atoms with Crippen molar-refractivity contribution >= 4 is 22.7 Å². The number of aryl methyl sites for hydroxylation is 1. The van der Waals surface area contributed by atoms with Crippen LogP contribution in [0.15, 0.2) is 18.2 Å². The molecular weight excluding hydrogens is 208 g/mol. The molecule has 1 N–H and O–H groups in total. The van der Waals surface area contributed by atoms with E-state index in [2.05, 4.69) is 5.10 Å². The van der Waals surface area contributed by atoms with Crippen LogP contribution in [0.3, 0.4) is 0 Å². The molecule has 0 amide bonds. The number of Topliss-reactive ketones (excluding diaryl/α,β-unsaturated/α-hetero) is 1. The largest absolute Gasteiger partial charge is 0.478 e. The van der Waals surface area contributed by atoms with E-state index in [9.17, 15) is 9.59 Å². The monoisotopic (exact) mass is 218 g/mol. The SMILES string of the molecule is CC(=O)c1nn(C)c2ccc(C(=O)O)cc12. The van der Waals surface area contributed by atoms with Gasteiger partial charge in [0.25, 0.3) is 0 Å². The molecule has 1 aromatic carbocycles. The fourth-order valence-corrected chi connectivity index (χ4v) is 1.66. The zero-order valence-electron chi connectivity index (χ0n) is 8.89. The quantitative estimate of drug-likeness (QED) is 0.775. The second-order valence-electron chi connectivity index (χ2n) is 3.57. The molecule has 2 rings (SSSR count). The molecule has 0 aliphatic rings. The normalized spacial score (nSPS) is 10.6. The molecule has 2 aromatic rings. The summed E-state index contributed by atoms with van der Waals surface area (Å²) in [7, 11) is 1.72. The number of ketones is 1. The molecule has 0 radical (unpaired) electrons. The third-order valence-corrected chi connectivity index (χ3v) is 2.43. The van der Waals surface area contributed by atoms with Crippen molar-refractivity contribution in [3.63, 3.8) is 0 Å². The van der Waals surface area contributed by atoms with Crippen molar-refractivity contribution in [2.24, 2.45) is 7.05 Å².